The molecule has 3 heterocycles. The average molecular weight is 630 g/mol. The van der Waals surface area contributed by atoms with Crippen LogP contribution in [0.1, 0.15) is 22.8 Å². The van der Waals surface area contributed by atoms with Crippen LogP contribution in [-0.4, -0.2) is 60.3 Å². The van der Waals surface area contributed by atoms with Gasteiger partial charge in [0.1, 0.15) is 22.1 Å². The summed E-state index contributed by atoms with van der Waals surface area (Å²) in [4.78, 5) is 42.6. The van der Waals surface area contributed by atoms with E-state index in [0.29, 0.717) is 10.8 Å². The fraction of sp³-hybridized carbons (Fsp3) is 0.194. The van der Waals surface area contributed by atoms with Crippen molar-refractivity contribution in [3.05, 3.63) is 124 Å². The van der Waals surface area contributed by atoms with Gasteiger partial charge in [-0.15, -0.1) is 28.6 Å². The van der Waals surface area contributed by atoms with E-state index in [-0.39, 0.29) is 23.9 Å². The Bertz CT molecular complexity index is 1560. The summed E-state index contributed by atoms with van der Waals surface area (Å²) >= 11 is 4.46. The summed E-state index contributed by atoms with van der Waals surface area (Å²) in [6, 6.07) is 27.7. The number of carbonyl (C=O) groups is 3. The molecule has 0 spiro atoms. The maximum atomic E-state index is 14.0. The van der Waals surface area contributed by atoms with Gasteiger partial charge in [-0.2, -0.15) is 0 Å². The van der Waals surface area contributed by atoms with Crippen LogP contribution in [0.15, 0.2) is 113 Å². The lowest BCUT2D eigenvalue weighted by molar-refractivity contribution is -0.154. The van der Waals surface area contributed by atoms with Gasteiger partial charge in [0.2, 0.25) is 5.91 Å². The molecule has 0 unspecified atom stereocenters. The summed E-state index contributed by atoms with van der Waals surface area (Å²) < 4.78 is 6.21. The maximum Gasteiger partial charge on any atom is 0.356 e. The summed E-state index contributed by atoms with van der Waals surface area (Å²) in [7, 11) is 0. The van der Waals surface area contributed by atoms with Gasteiger partial charge in [0.05, 0.1) is 17.7 Å². The predicted octanol–water partition coefficient (Wildman–Crippen LogP) is 4.77. The number of carbonyl (C=O) groups excluding carboxylic acids is 3. The average Bonchev–Trinajstić information content (AvgIpc) is 3.57. The van der Waals surface area contributed by atoms with Crippen molar-refractivity contribution in [1.29, 1.82) is 0 Å². The number of rotatable bonds is 11. The van der Waals surface area contributed by atoms with Crippen LogP contribution >= 0.6 is 35.3 Å². The molecule has 9 nitrogen and oxygen atoms in total. The molecule has 43 heavy (non-hydrogen) atoms. The molecule has 0 bridgehead atoms. The monoisotopic (exact) mass is 629 g/mol. The number of hydrogen-bond acceptors (Lipinski definition) is 9. The molecule has 1 aromatic heterocycles. The van der Waals surface area contributed by atoms with Gasteiger partial charge in [0.15, 0.2) is 6.10 Å². The minimum absolute atomic E-state index is 0.170. The first-order valence-corrected chi connectivity index (χ1v) is 16.5. The fourth-order valence-corrected chi connectivity index (χ4v) is 8.44. The number of ether oxygens (including phenoxy) is 1. The molecule has 4 aromatic rings. The lowest BCUT2D eigenvalue weighted by Gasteiger charge is -2.49. The van der Waals surface area contributed by atoms with Gasteiger partial charge in [-0.25, -0.2) is 4.79 Å². The van der Waals surface area contributed by atoms with Gasteiger partial charge in [0, 0.05) is 10.7 Å². The lowest BCUT2D eigenvalue weighted by atomic mass is 10.0. The Kier molecular flexibility index (Phi) is 9.16. The zero-order valence-electron chi connectivity index (χ0n) is 22.8. The summed E-state index contributed by atoms with van der Waals surface area (Å²) in [5.74, 6) is -0.659. The van der Waals surface area contributed by atoms with Crippen molar-refractivity contribution in [2.75, 3.05) is 10.8 Å². The summed E-state index contributed by atoms with van der Waals surface area (Å²) in [5.41, 5.74) is 2.73. The highest BCUT2D eigenvalue weighted by Crippen LogP contribution is 2.45. The molecule has 6 rings (SSSR count). The minimum Gasteiger partial charge on any atom is -0.448 e. The number of aromatic amines is 1. The number of esters is 1. The van der Waals surface area contributed by atoms with E-state index in [1.807, 2.05) is 91.0 Å². The number of β-lactam (4-membered cyclic amide) rings is 1. The third kappa shape index (κ3) is 6.66. The number of H-pyrrole nitrogens is 1. The first-order valence-electron chi connectivity index (χ1n) is 13.5. The zero-order valence-corrected chi connectivity index (χ0v) is 25.2. The molecule has 2 aliphatic heterocycles. The Hall–Kier alpha value is -4.00. The third-order valence-electron chi connectivity index (χ3n) is 6.91. The van der Waals surface area contributed by atoms with E-state index in [1.165, 1.54) is 40.2 Å². The quantitative estimate of drug-likeness (QED) is 0.105. The molecule has 2 amide bonds. The third-order valence-corrected chi connectivity index (χ3v) is 10.5. The number of nitrogens with one attached hydrogen (secondary N) is 2. The summed E-state index contributed by atoms with van der Waals surface area (Å²) in [6.07, 6.45) is 1.21. The van der Waals surface area contributed by atoms with Gasteiger partial charge in [0.25, 0.3) is 5.91 Å². The summed E-state index contributed by atoms with van der Waals surface area (Å²) in [5, 5.41) is 14.2. The Morgan fingerprint density at radius 3 is 2.26 bits per heavy atom. The molecule has 218 valence electrons. The lowest BCUT2D eigenvalue weighted by Crippen LogP contribution is -2.70. The van der Waals surface area contributed by atoms with Gasteiger partial charge >= 0.3 is 5.97 Å². The molecular formula is C31H27N5O4S3. The van der Waals surface area contributed by atoms with Crippen molar-refractivity contribution in [3.63, 3.8) is 0 Å². The number of thioether (sulfide) groups is 3. The van der Waals surface area contributed by atoms with E-state index >= 15 is 0 Å². The minimum atomic E-state index is -0.723. The summed E-state index contributed by atoms with van der Waals surface area (Å²) in [6.45, 7) is 0. The standard InChI is InChI=1S/C31H27N5O4S3/c37-24(16-20-10-4-1-5-11-20)33-26-29(38)36-27(23(18-41-30(26)36)42-19-43-25-17-32-35-34-25)31(39)40-28(21-12-6-2-7-13-21)22-14-8-3-9-15-22/h1-15,17,26,28,30H,16,18-19H2,(H,33,37)(H,32,34,35)/t26-,30+/m1/s1. The van der Waals surface area contributed by atoms with E-state index in [1.54, 1.807) is 6.20 Å². The fourth-order valence-electron chi connectivity index (χ4n) is 4.87. The van der Waals surface area contributed by atoms with Crippen LogP contribution in [0.2, 0.25) is 0 Å². The highest BCUT2D eigenvalue weighted by Gasteiger charge is 2.54. The zero-order chi connectivity index (χ0) is 29.6. The van der Waals surface area contributed by atoms with E-state index in [4.69, 9.17) is 4.74 Å². The van der Waals surface area contributed by atoms with Crippen molar-refractivity contribution < 1.29 is 19.1 Å². The Morgan fingerprint density at radius 2 is 1.63 bits per heavy atom. The van der Waals surface area contributed by atoms with E-state index in [2.05, 4.69) is 20.7 Å². The predicted molar refractivity (Wildman–Crippen MR) is 168 cm³/mol. The normalized spacial score (nSPS) is 17.8. The number of aromatic nitrogens is 3. The van der Waals surface area contributed by atoms with Crippen molar-refractivity contribution in [1.82, 2.24) is 25.6 Å². The highest BCUT2D eigenvalue weighted by atomic mass is 32.2. The van der Waals surface area contributed by atoms with Crippen molar-refractivity contribution in [2.24, 2.45) is 0 Å². The van der Waals surface area contributed by atoms with E-state index in [0.717, 1.165) is 26.6 Å². The van der Waals surface area contributed by atoms with E-state index < -0.39 is 23.5 Å². The first-order chi connectivity index (χ1) is 21.1. The molecule has 2 N–H and O–H groups in total. The SMILES string of the molecule is O=C(Cc1ccccc1)N[C@@H]1C(=O)N2C(C(=O)OC(c3ccccc3)c3ccccc3)=C(SCSc3c[nH]nn3)CS[C@@H]12. The van der Waals surface area contributed by atoms with Crippen LogP contribution in [0.4, 0.5) is 0 Å². The number of amides is 2. The van der Waals surface area contributed by atoms with Crippen LogP contribution in [-0.2, 0) is 25.5 Å². The number of hydrogen-bond donors (Lipinski definition) is 2. The molecule has 3 aromatic carbocycles. The molecular weight excluding hydrogens is 603 g/mol. The van der Waals surface area contributed by atoms with Gasteiger partial charge < -0.3 is 10.1 Å². The van der Waals surface area contributed by atoms with Crippen LogP contribution in [0.3, 0.4) is 0 Å². The topological polar surface area (TPSA) is 117 Å². The first kappa shape index (κ1) is 29.1. The van der Waals surface area contributed by atoms with Crippen LogP contribution in [0.25, 0.3) is 0 Å². The highest BCUT2D eigenvalue weighted by molar-refractivity contribution is 8.18. The van der Waals surface area contributed by atoms with Gasteiger partial charge in [-0.05, 0) is 16.7 Å². The Balaban J connectivity index is 1.24. The molecule has 1 saturated heterocycles. The van der Waals surface area contributed by atoms with Gasteiger partial charge in [-0.1, -0.05) is 108 Å². The molecule has 0 radical (unpaired) electrons. The van der Waals surface area contributed by atoms with Crippen LogP contribution in [0.5, 0.6) is 0 Å². The smallest absolute Gasteiger partial charge is 0.356 e. The Labute approximate surface area is 261 Å². The van der Waals surface area contributed by atoms with E-state index in [9.17, 15) is 14.4 Å². The van der Waals surface area contributed by atoms with Crippen molar-refractivity contribution in [2.45, 2.75) is 29.0 Å². The molecule has 12 heteroatoms. The number of nitrogens with zero attached hydrogens (tertiary/aromatic N) is 3. The molecule has 2 aliphatic rings. The van der Waals surface area contributed by atoms with Crippen molar-refractivity contribution in [3.8, 4) is 0 Å². The Morgan fingerprint density at radius 1 is 0.977 bits per heavy atom. The number of benzene rings is 3. The molecule has 0 saturated carbocycles. The van der Waals surface area contributed by atoms with Gasteiger partial charge in [-0.3, -0.25) is 19.6 Å². The second-order valence-electron chi connectivity index (χ2n) is 9.71. The second-order valence-corrected chi connectivity index (χ2v) is 13.3. The largest absolute Gasteiger partial charge is 0.448 e. The molecule has 2 atom stereocenters. The molecule has 1 fully saturated rings. The number of fused-ring (bicyclic) bond motifs is 1. The van der Waals surface area contributed by atoms with Crippen LogP contribution in [0, 0.1) is 0 Å². The second kappa shape index (κ2) is 13.5. The van der Waals surface area contributed by atoms with Crippen LogP contribution < -0.4 is 5.32 Å². The molecule has 0 aliphatic carbocycles. The van der Waals surface area contributed by atoms with Crippen molar-refractivity contribution >= 4 is 53.1 Å². The maximum absolute atomic E-state index is 14.0.